The van der Waals surface area contributed by atoms with E-state index in [0.717, 1.165) is 6.42 Å². The van der Waals surface area contributed by atoms with E-state index in [1.165, 1.54) is 0 Å². The summed E-state index contributed by atoms with van der Waals surface area (Å²) in [6.45, 7) is 3.87. The van der Waals surface area contributed by atoms with Crippen molar-refractivity contribution in [2.75, 3.05) is 0 Å². The third-order valence-electron chi connectivity index (χ3n) is 1.22. The number of hydrogen-bond donors (Lipinski definition) is 0. The molecule has 0 rings (SSSR count). The molecule has 0 aromatic carbocycles. The van der Waals surface area contributed by atoms with Gasteiger partial charge in [-0.2, -0.15) is 5.26 Å². The normalized spacial score (nSPS) is 13.5. The zero-order chi connectivity index (χ0) is 9.40. The van der Waals surface area contributed by atoms with Crippen LogP contribution >= 0.6 is 11.6 Å². The SMILES string of the molecule is C\C=C/C=C(C#N)\C(Cl)=C\CC. The quantitative estimate of drug-likeness (QED) is 0.483. The van der Waals surface area contributed by atoms with E-state index in [0.29, 0.717) is 10.6 Å². The van der Waals surface area contributed by atoms with Gasteiger partial charge in [0.05, 0.1) is 10.6 Å². The number of rotatable bonds is 3. The van der Waals surface area contributed by atoms with E-state index in [1.807, 2.05) is 32.1 Å². The first-order chi connectivity index (χ1) is 5.76. The molecule has 0 aromatic rings. The van der Waals surface area contributed by atoms with Gasteiger partial charge in [-0.3, -0.25) is 0 Å². The molecule has 0 aromatic heterocycles. The molecule has 2 heteroatoms. The van der Waals surface area contributed by atoms with Crippen molar-refractivity contribution in [2.45, 2.75) is 20.3 Å². The fraction of sp³-hybridized carbons (Fsp3) is 0.300. The summed E-state index contributed by atoms with van der Waals surface area (Å²) in [6, 6.07) is 2.03. The summed E-state index contributed by atoms with van der Waals surface area (Å²) in [7, 11) is 0. The molecular weight excluding hydrogens is 170 g/mol. The average Bonchev–Trinajstić information content (AvgIpc) is 2.06. The van der Waals surface area contributed by atoms with Crippen molar-refractivity contribution in [3.63, 3.8) is 0 Å². The first kappa shape index (κ1) is 11.0. The van der Waals surface area contributed by atoms with E-state index in [2.05, 4.69) is 0 Å². The molecule has 0 radical (unpaired) electrons. The van der Waals surface area contributed by atoms with Crippen molar-refractivity contribution in [1.82, 2.24) is 0 Å². The molecule has 0 aliphatic heterocycles. The van der Waals surface area contributed by atoms with Crippen LogP contribution in [0, 0.1) is 11.3 Å². The van der Waals surface area contributed by atoms with Crippen molar-refractivity contribution >= 4 is 11.6 Å². The van der Waals surface area contributed by atoms with Crippen molar-refractivity contribution in [2.24, 2.45) is 0 Å². The molecule has 1 nitrogen and oxygen atoms in total. The second-order valence-electron chi connectivity index (χ2n) is 2.18. The van der Waals surface area contributed by atoms with Gasteiger partial charge in [-0.1, -0.05) is 36.8 Å². The van der Waals surface area contributed by atoms with Gasteiger partial charge in [0.1, 0.15) is 6.07 Å². The molecule has 0 unspecified atom stereocenters. The van der Waals surface area contributed by atoms with E-state index in [1.54, 1.807) is 12.2 Å². The van der Waals surface area contributed by atoms with Gasteiger partial charge < -0.3 is 0 Å². The number of nitriles is 1. The van der Waals surface area contributed by atoms with Crippen LogP contribution < -0.4 is 0 Å². The second-order valence-corrected chi connectivity index (χ2v) is 2.59. The van der Waals surface area contributed by atoms with Gasteiger partial charge in [0.15, 0.2) is 0 Å². The molecule has 0 aliphatic carbocycles. The Kier molecular flexibility index (Phi) is 6.14. The van der Waals surface area contributed by atoms with Crippen molar-refractivity contribution < 1.29 is 0 Å². The van der Waals surface area contributed by atoms with Crippen LogP contribution in [0.1, 0.15) is 20.3 Å². The monoisotopic (exact) mass is 181 g/mol. The molecule has 0 saturated heterocycles. The maximum absolute atomic E-state index is 8.67. The van der Waals surface area contributed by atoms with Gasteiger partial charge in [0, 0.05) is 0 Å². The molecule has 0 bridgehead atoms. The largest absolute Gasteiger partial charge is 0.192 e. The van der Waals surface area contributed by atoms with Gasteiger partial charge in [0.2, 0.25) is 0 Å². The van der Waals surface area contributed by atoms with E-state index in [4.69, 9.17) is 16.9 Å². The Morgan fingerprint density at radius 1 is 1.58 bits per heavy atom. The third kappa shape index (κ3) is 4.00. The highest BCUT2D eigenvalue weighted by Gasteiger charge is 1.97. The van der Waals surface area contributed by atoms with Crippen LogP contribution in [0.25, 0.3) is 0 Å². The molecule has 12 heavy (non-hydrogen) atoms. The Morgan fingerprint density at radius 2 is 2.25 bits per heavy atom. The van der Waals surface area contributed by atoms with Gasteiger partial charge in [-0.05, 0) is 19.4 Å². The molecule has 0 aliphatic rings. The van der Waals surface area contributed by atoms with E-state index in [-0.39, 0.29) is 0 Å². The first-order valence-electron chi connectivity index (χ1n) is 3.85. The summed E-state index contributed by atoms with van der Waals surface area (Å²) in [5, 5.41) is 9.20. The third-order valence-corrected chi connectivity index (χ3v) is 1.57. The lowest BCUT2D eigenvalue weighted by Crippen LogP contribution is -1.77. The van der Waals surface area contributed by atoms with E-state index < -0.39 is 0 Å². The van der Waals surface area contributed by atoms with E-state index in [9.17, 15) is 0 Å². The predicted octanol–water partition coefficient (Wildman–Crippen LogP) is 3.55. The zero-order valence-electron chi connectivity index (χ0n) is 7.34. The van der Waals surface area contributed by atoms with Gasteiger partial charge >= 0.3 is 0 Å². The summed E-state index contributed by atoms with van der Waals surface area (Å²) in [5.74, 6) is 0. The highest BCUT2D eigenvalue weighted by Crippen LogP contribution is 2.14. The van der Waals surface area contributed by atoms with Crippen LogP contribution in [0.4, 0.5) is 0 Å². The van der Waals surface area contributed by atoms with Crippen molar-refractivity contribution in [1.29, 1.82) is 5.26 Å². The lowest BCUT2D eigenvalue weighted by Gasteiger charge is -1.92. The van der Waals surface area contributed by atoms with Gasteiger partial charge in [-0.25, -0.2) is 0 Å². The standard InChI is InChI=1S/C10H12ClN/c1-3-5-7-9(8-12)10(11)6-4-2/h3,5-7H,4H2,1-2H3/b5-3-,9-7-,10-6-. The fourth-order valence-corrected chi connectivity index (χ4v) is 0.911. The Bertz CT molecular complexity index is 254. The Morgan fingerprint density at radius 3 is 2.67 bits per heavy atom. The summed E-state index contributed by atoms with van der Waals surface area (Å²) in [5.41, 5.74) is 0.511. The molecule has 0 heterocycles. The van der Waals surface area contributed by atoms with Crippen LogP contribution in [0.5, 0.6) is 0 Å². The Labute approximate surface area is 78.7 Å². The van der Waals surface area contributed by atoms with Crippen molar-refractivity contribution in [3.8, 4) is 6.07 Å². The molecule has 0 N–H and O–H groups in total. The van der Waals surface area contributed by atoms with Crippen molar-refractivity contribution in [3.05, 3.63) is 34.9 Å². The minimum absolute atomic E-state index is 0.511. The van der Waals surface area contributed by atoms with Crippen LogP contribution in [0.3, 0.4) is 0 Å². The number of allylic oxidation sites excluding steroid dienone is 6. The minimum atomic E-state index is 0.511. The fourth-order valence-electron chi connectivity index (χ4n) is 0.652. The van der Waals surface area contributed by atoms with Gasteiger partial charge in [0.25, 0.3) is 0 Å². The van der Waals surface area contributed by atoms with E-state index >= 15 is 0 Å². The minimum Gasteiger partial charge on any atom is -0.192 e. The Hall–Kier alpha value is -1.00. The lowest BCUT2D eigenvalue weighted by molar-refractivity contribution is 1.21. The van der Waals surface area contributed by atoms with Crippen LogP contribution in [0.15, 0.2) is 34.9 Å². The summed E-state index contributed by atoms with van der Waals surface area (Å²) in [6.07, 6.45) is 8.01. The predicted molar refractivity (Wildman–Crippen MR) is 52.7 cm³/mol. The first-order valence-corrected chi connectivity index (χ1v) is 4.23. The Balaban J connectivity index is 4.58. The summed E-state index contributed by atoms with van der Waals surface area (Å²) < 4.78 is 0. The average molecular weight is 182 g/mol. The molecule has 64 valence electrons. The molecule has 0 fully saturated rings. The second kappa shape index (κ2) is 6.69. The summed E-state index contributed by atoms with van der Waals surface area (Å²) >= 11 is 5.82. The molecule has 0 amide bonds. The summed E-state index contributed by atoms with van der Waals surface area (Å²) in [4.78, 5) is 0. The lowest BCUT2D eigenvalue weighted by atomic mass is 10.2. The zero-order valence-corrected chi connectivity index (χ0v) is 8.10. The van der Waals surface area contributed by atoms with Crippen LogP contribution in [-0.2, 0) is 0 Å². The topological polar surface area (TPSA) is 23.8 Å². The maximum atomic E-state index is 8.67. The molecule has 0 saturated carbocycles. The molecule has 0 spiro atoms. The smallest absolute Gasteiger partial charge is 0.101 e. The number of hydrogen-bond acceptors (Lipinski definition) is 1. The maximum Gasteiger partial charge on any atom is 0.101 e. The highest BCUT2D eigenvalue weighted by atomic mass is 35.5. The molecular formula is C10H12ClN. The van der Waals surface area contributed by atoms with Crippen LogP contribution in [-0.4, -0.2) is 0 Å². The molecule has 0 atom stereocenters. The highest BCUT2D eigenvalue weighted by molar-refractivity contribution is 6.32. The number of nitrogens with zero attached hydrogens (tertiary/aromatic N) is 1. The van der Waals surface area contributed by atoms with Crippen LogP contribution in [0.2, 0.25) is 0 Å². The van der Waals surface area contributed by atoms with Gasteiger partial charge in [-0.15, -0.1) is 0 Å². The number of halogens is 1.